The summed E-state index contributed by atoms with van der Waals surface area (Å²) < 4.78 is 1.13. The fraction of sp³-hybridized carbons (Fsp3) is 0.294. The first-order chi connectivity index (χ1) is 9.06. The molecule has 0 aliphatic carbocycles. The summed E-state index contributed by atoms with van der Waals surface area (Å²) in [6.45, 7) is 6.53. The van der Waals surface area contributed by atoms with Gasteiger partial charge in [0.15, 0.2) is 0 Å². The van der Waals surface area contributed by atoms with Crippen molar-refractivity contribution in [1.29, 1.82) is 0 Å². The predicted octanol–water partition coefficient (Wildman–Crippen LogP) is 5.17. The molecule has 1 nitrogen and oxygen atoms in total. The van der Waals surface area contributed by atoms with Crippen molar-refractivity contribution in [1.82, 2.24) is 5.32 Å². The van der Waals surface area contributed by atoms with Gasteiger partial charge in [-0.3, -0.25) is 0 Å². The molecule has 1 unspecified atom stereocenters. The lowest BCUT2D eigenvalue weighted by molar-refractivity contribution is 0.494. The van der Waals surface area contributed by atoms with Crippen LogP contribution in [0, 0.1) is 6.92 Å². The molecule has 0 aliphatic heterocycles. The van der Waals surface area contributed by atoms with Crippen molar-refractivity contribution in [3.8, 4) is 0 Å². The lowest BCUT2D eigenvalue weighted by atomic mass is 10.0. The molecule has 0 fully saturated rings. The number of rotatable bonds is 4. The SMILES string of the molecule is Cc1ccc([C@@H](C)NC(C)c2cccc(Br)c2)cc1. The largest absolute Gasteiger partial charge is 0.304 e. The first kappa shape index (κ1) is 14.3. The lowest BCUT2D eigenvalue weighted by Crippen LogP contribution is -2.22. The zero-order valence-corrected chi connectivity index (χ0v) is 13.2. The van der Waals surface area contributed by atoms with Crippen molar-refractivity contribution in [2.75, 3.05) is 0 Å². The second kappa shape index (κ2) is 6.36. The molecule has 0 amide bonds. The Balaban J connectivity index is 2.06. The van der Waals surface area contributed by atoms with E-state index in [9.17, 15) is 0 Å². The normalized spacial score (nSPS) is 14.1. The Hall–Kier alpha value is -1.12. The van der Waals surface area contributed by atoms with E-state index in [0.29, 0.717) is 12.1 Å². The van der Waals surface area contributed by atoms with Crippen molar-refractivity contribution in [3.05, 3.63) is 69.7 Å². The number of benzene rings is 2. The van der Waals surface area contributed by atoms with E-state index in [0.717, 1.165) is 4.47 Å². The van der Waals surface area contributed by atoms with Gasteiger partial charge in [-0.2, -0.15) is 0 Å². The van der Waals surface area contributed by atoms with Crippen LogP contribution in [0.5, 0.6) is 0 Å². The van der Waals surface area contributed by atoms with Gasteiger partial charge in [0.25, 0.3) is 0 Å². The fourth-order valence-corrected chi connectivity index (χ4v) is 2.62. The Bertz CT molecular complexity index is 533. The molecule has 1 N–H and O–H groups in total. The molecule has 0 spiro atoms. The molecule has 0 bridgehead atoms. The second-order valence-corrected chi connectivity index (χ2v) is 5.99. The molecular formula is C17H20BrN. The van der Waals surface area contributed by atoms with Crippen LogP contribution in [0.4, 0.5) is 0 Å². The summed E-state index contributed by atoms with van der Waals surface area (Å²) >= 11 is 3.52. The molecule has 19 heavy (non-hydrogen) atoms. The standard InChI is InChI=1S/C17H20BrN/c1-12-7-9-15(10-8-12)13(2)19-14(3)16-5-4-6-17(18)11-16/h4-11,13-14,19H,1-3H3/t13-,14?/m1/s1. The molecule has 0 radical (unpaired) electrons. The maximum Gasteiger partial charge on any atom is 0.0297 e. The Morgan fingerprint density at radius 2 is 1.53 bits per heavy atom. The third kappa shape index (κ3) is 3.92. The minimum absolute atomic E-state index is 0.328. The van der Waals surface area contributed by atoms with Crippen LogP contribution in [0.1, 0.15) is 42.6 Å². The van der Waals surface area contributed by atoms with E-state index in [1.165, 1.54) is 16.7 Å². The van der Waals surface area contributed by atoms with Crippen LogP contribution in [-0.2, 0) is 0 Å². The zero-order chi connectivity index (χ0) is 13.8. The van der Waals surface area contributed by atoms with Crippen molar-refractivity contribution < 1.29 is 0 Å². The third-order valence-corrected chi connectivity index (χ3v) is 3.92. The van der Waals surface area contributed by atoms with Gasteiger partial charge in [0.2, 0.25) is 0 Å². The van der Waals surface area contributed by atoms with Gasteiger partial charge in [-0.05, 0) is 44.0 Å². The average molecular weight is 318 g/mol. The molecule has 2 rings (SSSR count). The average Bonchev–Trinajstić information content (AvgIpc) is 2.39. The molecule has 2 aromatic rings. The Kier molecular flexibility index (Phi) is 4.78. The van der Waals surface area contributed by atoms with Crippen LogP contribution in [0.3, 0.4) is 0 Å². The van der Waals surface area contributed by atoms with Crippen LogP contribution in [0.15, 0.2) is 53.0 Å². The van der Waals surface area contributed by atoms with Crippen LogP contribution in [-0.4, -0.2) is 0 Å². The van der Waals surface area contributed by atoms with Gasteiger partial charge < -0.3 is 5.32 Å². The molecule has 0 heterocycles. The van der Waals surface area contributed by atoms with E-state index in [-0.39, 0.29) is 0 Å². The first-order valence-electron chi connectivity index (χ1n) is 6.64. The highest BCUT2D eigenvalue weighted by Crippen LogP contribution is 2.22. The van der Waals surface area contributed by atoms with Crippen LogP contribution in [0.25, 0.3) is 0 Å². The minimum Gasteiger partial charge on any atom is -0.304 e. The van der Waals surface area contributed by atoms with Gasteiger partial charge in [-0.25, -0.2) is 0 Å². The fourth-order valence-electron chi connectivity index (χ4n) is 2.20. The monoisotopic (exact) mass is 317 g/mol. The van der Waals surface area contributed by atoms with E-state index in [4.69, 9.17) is 0 Å². The maximum atomic E-state index is 3.64. The molecule has 0 saturated carbocycles. The van der Waals surface area contributed by atoms with E-state index in [1.54, 1.807) is 0 Å². The van der Waals surface area contributed by atoms with E-state index in [1.807, 2.05) is 0 Å². The smallest absolute Gasteiger partial charge is 0.0297 e. The van der Waals surface area contributed by atoms with Crippen LogP contribution >= 0.6 is 15.9 Å². The number of nitrogens with one attached hydrogen (secondary N) is 1. The maximum absolute atomic E-state index is 3.64. The molecule has 2 heteroatoms. The molecule has 2 atom stereocenters. The van der Waals surface area contributed by atoms with E-state index in [2.05, 4.69) is 90.5 Å². The van der Waals surface area contributed by atoms with Crippen molar-refractivity contribution >= 4 is 15.9 Å². The summed E-state index contributed by atoms with van der Waals surface area (Å²) in [6, 6.07) is 17.8. The number of hydrogen-bond acceptors (Lipinski definition) is 1. The molecule has 0 saturated heterocycles. The predicted molar refractivity (Wildman–Crippen MR) is 85.3 cm³/mol. The van der Waals surface area contributed by atoms with Crippen LogP contribution in [0.2, 0.25) is 0 Å². The van der Waals surface area contributed by atoms with Crippen molar-refractivity contribution in [3.63, 3.8) is 0 Å². The van der Waals surface area contributed by atoms with Gasteiger partial charge in [-0.15, -0.1) is 0 Å². The third-order valence-electron chi connectivity index (χ3n) is 3.43. The molecule has 2 aromatic carbocycles. The highest BCUT2D eigenvalue weighted by Gasteiger charge is 2.11. The van der Waals surface area contributed by atoms with Gasteiger partial charge >= 0.3 is 0 Å². The Morgan fingerprint density at radius 3 is 2.16 bits per heavy atom. The van der Waals surface area contributed by atoms with Crippen molar-refractivity contribution in [2.45, 2.75) is 32.9 Å². The quantitative estimate of drug-likeness (QED) is 0.820. The Morgan fingerprint density at radius 1 is 0.895 bits per heavy atom. The Labute approximate surface area is 124 Å². The highest BCUT2D eigenvalue weighted by atomic mass is 79.9. The van der Waals surface area contributed by atoms with Gasteiger partial charge in [0, 0.05) is 16.6 Å². The summed E-state index contributed by atoms with van der Waals surface area (Å²) in [4.78, 5) is 0. The number of halogens is 1. The lowest BCUT2D eigenvalue weighted by Gasteiger charge is -2.21. The zero-order valence-electron chi connectivity index (χ0n) is 11.7. The summed E-state index contributed by atoms with van der Waals surface area (Å²) in [5.74, 6) is 0. The summed E-state index contributed by atoms with van der Waals surface area (Å²) in [5.41, 5.74) is 3.93. The molecule has 0 aromatic heterocycles. The van der Waals surface area contributed by atoms with E-state index >= 15 is 0 Å². The van der Waals surface area contributed by atoms with Gasteiger partial charge in [0.1, 0.15) is 0 Å². The van der Waals surface area contributed by atoms with Gasteiger partial charge in [-0.1, -0.05) is 57.9 Å². The summed E-state index contributed by atoms with van der Waals surface area (Å²) in [6.07, 6.45) is 0. The topological polar surface area (TPSA) is 12.0 Å². The minimum atomic E-state index is 0.328. The first-order valence-corrected chi connectivity index (χ1v) is 7.43. The van der Waals surface area contributed by atoms with Crippen molar-refractivity contribution in [2.24, 2.45) is 0 Å². The molecule has 100 valence electrons. The second-order valence-electron chi connectivity index (χ2n) is 5.08. The molecular weight excluding hydrogens is 298 g/mol. The molecule has 0 aliphatic rings. The number of hydrogen-bond donors (Lipinski definition) is 1. The number of aryl methyl sites for hydroxylation is 1. The highest BCUT2D eigenvalue weighted by molar-refractivity contribution is 9.10. The van der Waals surface area contributed by atoms with Crippen LogP contribution < -0.4 is 5.32 Å². The summed E-state index contributed by atoms with van der Waals surface area (Å²) in [7, 11) is 0. The summed E-state index contributed by atoms with van der Waals surface area (Å²) in [5, 5.41) is 3.64. The van der Waals surface area contributed by atoms with Gasteiger partial charge in [0.05, 0.1) is 0 Å². The van der Waals surface area contributed by atoms with E-state index < -0.39 is 0 Å².